The summed E-state index contributed by atoms with van der Waals surface area (Å²) in [6, 6.07) is 9.74. The van der Waals surface area contributed by atoms with Crippen molar-refractivity contribution < 1.29 is 24.0 Å². The predicted molar refractivity (Wildman–Crippen MR) is 118 cm³/mol. The molecule has 0 fully saturated rings. The minimum Gasteiger partial charge on any atom is -0.494 e. The van der Waals surface area contributed by atoms with Crippen molar-refractivity contribution in [2.45, 2.75) is 20.3 Å². The first kappa shape index (κ1) is 22.4. The molecule has 162 valence electrons. The molecule has 9 nitrogen and oxygen atoms in total. The van der Waals surface area contributed by atoms with E-state index in [0.29, 0.717) is 23.6 Å². The van der Waals surface area contributed by atoms with Gasteiger partial charge in [-0.2, -0.15) is 0 Å². The van der Waals surface area contributed by atoms with Crippen molar-refractivity contribution >= 4 is 44.7 Å². The normalized spacial score (nSPS) is 10.5. The number of hydrogen-bond acceptors (Lipinski definition) is 9. The highest BCUT2D eigenvalue weighted by Gasteiger charge is 2.23. The smallest absolute Gasteiger partial charge is 0.350 e. The Kier molecular flexibility index (Phi) is 7.32. The maximum Gasteiger partial charge on any atom is 0.350 e. The topological polar surface area (TPSA) is 121 Å². The van der Waals surface area contributed by atoms with Crippen LogP contribution < -0.4 is 10.1 Å². The minimum atomic E-state index is -0.560. The number of nitrogens with zero attached hydrogens (tertiary/aromatic N) is 2. The third-order valence-corrected chi connectivity index (χ3v) is 5.89. The summed E-state index contributed by atoms with van der Waals surface area (Å²) in [5, 5.41) is 13.5. The Balaban J connectivity index is 1.87. The van der Waals surface area contributed by atoms with E-state index in [1.54, 1.807) is 31.2 Å². The summed E-state index contributed by atoms with van der Waals surface area (Å²) < 4.78 is 10.7. The third kappa shape index (κ3) is 5.44. The molecule has 0 aliphatic carbocycles. The molecule has 0 saturated heterocycles. The molecule has 0 aliphatic heterocycles. The molecular weight excluding hydrogens is 442 g/mol. The van der Waals surface area contributed by atoms with Gasteiger partial charge in [0.1, 0.15) is 10.6 Å². The van der Waals surface area contributed by atoms with Crippen LogP contribution in [0.15, 0.2) is 36.4 Å². The summed E-state index contributed by atoms with van der Waals surface area (Å²) in [5.41, 5.74) is 1.04. The molecule has 0 unspecified atom stereocenters. The zero-order chi connectivity index (χ0) is 22.4. The first-order chi connectivity index (χ1) is 14.9. The van der Waals surface area contributed by atoms with E-state index in [0.717, 1.165) is 29.1 Å². The fourth-order valence-corrected chi connectivity index (χ4v) is 4.13. The fourth-order valence-electron chi connectivity index (χ4n) is 2.54. The van der Waals surface area contributed by atoms with E-state index >= 15 is 0 Å². The summed E-state index contributed by atoms with van der Waals surface area (Å²) >= 11 is 1.74. The average molecular weight is 462 g/mol. The number of thiazole rings is 1. The van der Waals surface area contributed by atoms with Crippen molar-refractivity contribution in [3.05, 3.63) is 56.3 Å². The second-order valence-corrected chi connectivity index (χ2v) is 8.20. The molecule has 2 heterocycles. The molecule has 31 heavy (non-hydrogen) atoms. The lowest BCUT2D eigenvalue weighted by atomic mass is 10.1. The number of thiophene rings is 1. The molecule has 0 atom stereocenters. The lowest BCUT2D eigenvalue weighted by Crippen LogP contribution is -2.09. The highest BCUT2D eigenvalue weighted by atomic mass is 32.1. The lowest BCUT2D eigenvalue weighted by Gasteiger charge is -2.06. The SMILES string of the molecule is CCCOc1ccc(-c2nc(NC(=O)c3ccc([N+](=O)[O-])s3)sc2C(=O)OCC)cc1. The Bertz CT molecular complexity index is 1090. The van der Waals surface area contributed by atoms with Crippen LogP contribution in [0.2, 0.25) is 0 Å². The molecule has 3 rings (SSSR count). The number of aromatic nitrogens is 1. The van der Waals surface area contributed by atoms with Crippen LogP contribution in [-0.2, 0) is 4.74 Å². The summed E-state index contributed by atoms with van der Waals surface area (Å²) in [4.78, 5) is 40.0. The van der Waals surface area contributed by atoms with Crippen molar-refractivity contribution in [2.24, 2.45) is 0 Å². The van der Waals surface area contributed by atoms with Crippen LogP contribution >= 0.6 is 22.7 Å². The van der Waals surface area contributed by atoms with Gasteiger partial charge in [0.15, 0.2) is 5.13 Å². The number of hydrogen-bond donors (Lipinski definition) is 1. The van der Waals surface area contributed by atoms with Gasteiger partial charge in [-0.25, -0.2) is 9.78 Å². The van der Waals surface area contributed by atoms with E-state index in [2.05, 4.69) is 10.3 Å². The van der Waals surface area contributed by atoms with E-state index < -0.39 is 16.8 Å². The number of nitro groups is 1. The standard InChI is InChI=1S/C20H19N3O6S2/c1-3-11-29-13-7-5-12(6-8-13)16-17(19(25)28-4-2)31-20(21-16)22-18(24)14-9-10-15(30-14)23(26)27/h5-10H,3-4,11H2,1-2H3,(H,21,22,24). The zero-order valence-corrected chi connectivity index (χ0v) is 18.4. The van der Waals surface area contributed by atoms with Gasteiger partial charge in [0.05, 0.1) is 28.7 Å². The Morgan fingerprint density at radius 1 is 1.13 bits per heavy atom. The third-order valence-electron chi connectivity index (χ3n) is 3.90. The summed E-state index contributed by atoms with van der Waals surface area (Å²) in [7, 11) is 0. The number of ether oxygens (including phenoxy) is 2. The lowest BCUT2D eigenvalue weighted by molar-refractivity contribution is -0.380. The number of rotatable bonds is 9. The fraction of sp³-hybridized carbons (Fsp3) is 0.250. The minimum absolute atomic E-state index is 0.137. The monoisotopic (exact) mass is 461 g/mol. The number of amides is 1. The molecule has 0 radical (unpaired) electrons. The van der Waals surface area contributed by atoms with Crippen LogP contribution in [0.4, 0.5) is 10.1 Å². The van der Waals surface area contributed by atoms with Crippen LogP contribution in [0.5, 0.6) is 5.75 Å². The predicted octanol–water partition coefficient (Wildman–Crippen LogP) is 5.00. The Hall–Kier alpha value is -3.31. The molecule has 3 aromatic rings. The van der Waals surface area contributed by atoms with E-state index in [1.165, 1.54) is 12.1 Å². The summed E-state index contributed by atoms with van der Waals surface area (Å²) in [6.45, 7) is 4.51. The number of nitrogens with one attached hydrogen (secondary N) is 1. The summed E-state index contributed by atoms with van der Waals surface area (Å²) in [6.07, 6.45) is 0.886. The molecule has 2 aromatic heterocycles. The molecule has 0 saturated carbocycles. The molecule has 1 amide bonds. The number of anilines is 1. The van der Waals surface area contributed by atoms with E-state index in [1.807, 2.05) is 6.92 Å². The van der Waals surface area contributed by atoms with Gasteiger partial charge in [-0.05, 0) is 43.7 Å². The molecule has 0 bridgehead atoms. The quantitative estimate of drug-likeness (QED) is 0.270. The number of benzene rings is 1. The van der Waals surface area contributed by atoms with Gasteiger partial charge in [0, 0.05) is 11.6 Å². The van der Waals surface area contributed by atoms with Crippen molar-refractivity contribution in [3.63, 3.8) is 0 Å². The summed E-state index contributed by atoms with van der Waals surface area (Å²) in [5.74, 6) is -0.392. The highest BCUT2D eigenvalue weighted by molar-refractivity contribution is 7.19. The van der Waals surface area contributed by atoms with Crippen LogP contribution in [0.3, 0.4) is 0 Å². The zero-order valence-electron chi connectivity index (χ0n) is 16.7. The molecule has 1 N–H and O–H groups in total. The van der Waals surface area contributed by atoms with Crippen molar-refractivity contribution in [1.82, 2.24) is 4.98 Å². The number of esters is 1. The van der Waals surface area contributed by atoms with Crippen LogP contribution in [0.25, 0.3) is 11.3 Å². The molecule has 0 spiro atoms. The first-order valence-electron chi connectivity index (χ1n) is 9.39. The second kappa shape index (κ2) is 10.1. The Morgan fingerprint density at radius 3 is 2.48 bits per heavy atom. The van der Waals surface area contributed by atoms with Gasteiger partial charge in [-0.3, -0.25) is 20.2 Å². The van der Waals surface area contributed by atoms with Gasteiger partial charge in [-0.15, -0.1) is 0 Å². The second-order valence-electron chi connectivity index (χ2n) is 6.14. The van der Waals surface area contributed by atoms with Gasteiger partial charge in [0.2, 0.25) is 0 Å². The van der Waals surface area contributed by atoms with E-state index in [-0.39, 0.29) is 26.5 Å². The van der Waals surface area contributed by atoms with Crippen molar-refractivity contribution in [3.8, 4) is 17.0 Å². The highest BCUT2D eigenvalue weighted by Crippen LogP contribution is 2.33. The van der Waals surface area contributed by atoms with Gasteiger partial charge in [0.25, 0.3) is 5.91 Å². The average Bonchev–Trinajstić information content (AvgIpc) is 3.41. The van der Waals surface area contributed by atoms with Crippen LogP contribution in [0.1, 0.15) is 39.6 Å². The van der Waals surface area contributed by atoms with E-state index in [4.69, 9.17) is 9.47 Å². The Morgan fingerprint density at radius 2 is 1.87 bits per heavy atom. The molecule has 11 heteroatoms. The van der Waals surface area contributed by atoms with Crippen molar-refractivity contribution in [1.29, 1.82) is 0 Å². The van der Waals surface area contributed by atoms with Gasteiger partial charge >= 0.3 is 11.0 Å². The van der Waals surface area contributed by atoms with Gasteiger partial charge < -0.3 is 9.47 Å². The van der Waals surface area contributed by atoms with Gasteiger partial charge in [-0.1, -0.05) is 29.6 Å². The first-order valence-corrected chi connectivity index (χ1v) is 11.0. The number of carbonyl (C=O) groups is 2. The van der Waals surface area contributed by atoms with Crippen LogP contribution in [-0.4, -0.2) is 35.0 Å². The molecule has 0 aliphatic rings. The maximum absolute atomic E-state index is 12.5. The van der Waals surface area contributed by atoms with Crippen molar-refractivity contribution in [2.75, 3.05) is 18.5 Å². The molecular formula is C20H19N3O6S2. The van der Waals surface area contributed by atoms with E-state index in [9.17, 15) is 19.7 Å². The largest absolute Gasteiger partial charge is 0.494 e. The maximum atomic E-state index is 12.5. The number of carbonyl (C=O) groups excluding carboxylic acids is 2. The Labute approximate surface area is 185 Å². The van der Waals surface area contributed by atoms with Crippen LogP contribution in [0, 0.1) is 10.1 Å². The molecule has 1 aromatic carbocycles.